The first-order valence-electron chi connectivity index (χ1n) is 8.06. The molecule has 3 aromatic rings. The average Bonchev–Trinajstić information content (AvgIpc) is 3.08. The molecule has 1 aromatic heterocycles. The largest absolute Gasteiger partial charge is 0.461 e. The van der Waals surface area contributed by atoms with Gasteiger partial charge in [0.25, 0.3) is 5.69 Å². The predicted octanol–water partition coefficient (Wildman–Crippen LogP) is 4.95. The SMILES string of the molecule is Cc1oc(-c2ccccc2)cc1C(=O)/C(C#N)=C/c1ccc([N+](=O)[O-])cc1. The molecule has 0 saturated heterocycles. The molecule has 0 aliphatic carbocycles. The Bertz CT molecular complexity index is 1070. The topological polar surface area (TPSA) is 97.1 Å². The molecule has 0 amide bonds. The maximum atomic E-state index is 12.8. The molecule has 6 heteroatoms. The smallest absolute Gasteiger partial charge is 0.269 e. The molecule has 0 atom stereocenters. The Morgan fingerprint density at radius 2 is 1.81 bits per heavy atom. The number of benzene rings is 2. The van der Waals surface area contributed by atoms with Gasteiger partial charge < -0.3 is 4.42 Å². The van der Waals surface area contributed by atoms with E-state index in [1.807, 2.05) is 36.4 Å². The Morgan fingerprint density at radius 3 is 2.41 bits per heavy atom. The molecule has 2 aromatic carbocycles. The van der Waals surface area contributed by atoms with Crippen molar-refractivity contribution in [3.8, 4) is 17.4 Å². The summed E-state index contributed by atoms with van der Waals surface area (Å²) in [6, 6.07) is 18.5. The lowest BCUT2D eigenvalue weighted by atomic mass is 10.0. The van der Waals surface area contributed by atoms with Gasteiger partial charge in [0.2, 0.25) is 5.78 Å². The van der Waals surface area contributed by atoms with Gasteiger partial charge in [-0.05, 0) is 36.8 Å². The highest BCUT2D eigenvalue weighted by Gasteiger charge is 2.19. The highest BCUT2D eigenvalue weighted by molar-refractivity contribution is 6.15. The lowest BCUT2D eigenvalue weighted by Crippen LogP contribution is -2.02. The van der Waals surface area contributed by atoms with Crippen molar-refractivity contribution in [3.63, 3.8) is 0 Å². The second-order valence-electron chi connectivity index (χ2n) is 5.79. The fourth-order valence-electron chi connectivity index (χ4n) is 2.60. The van der Waals surface area contributed by atoms with Gasteiger partial charge in [0.15, 0.2) is 0 Å². The standard InChI is InChI=1S/C21H14N2O4/c1-14-19(12-20(27-14)16-5-3-2-4-6-16)21(24)17(13-22)11-15-7-9-18(10-8-15)23(25)26/h2-12H,1H3/b17-11+. The lowest BCUT2D eigenvalue weighted by molar-refractivity contribution is -0.384. The summed E-state index contributed by atoms with van der Waals surface area (Å²) in [6.45, 7) is 1.67. The van der Waals surface area contributed by atoms with Gasteiger partial charge in [-0.3, -0.25) is 14.9 Å². The summed E-state index contributed by atoms with van der Waals surface area (Å²) in [4.78, 5) is 23.0. The summed E-state index contributed by atoms with van der Waals surface area (Å²) in [6.07, 6.45) is 1.40. The summed E-state index contributed by atoms with van der Waals surface area (Å²) in [5, 5.41) is 20.1. The van der Waals surface area contributed by atoms with Crippen LogP contribution < -0.4 is 0 Å². The molecule has 132 valence electrons. The molecule has 0 N–H and O–H groups in total. The Balaban J connectivity index is 1.92. The van der Waals surface area contributed by atoms with Crippen molar-refractivity contribution in [3.05, 3.63) is 93.2 Å². The van der Waals surface area contributed by atoms with Crippen LogP contribution in [0, 0.1) is 28.4 Å². The van der Waals surface area contributed by atoms with Crippen LogP contribution in [0.3, 0.4) is 0 Å². The number of hydrogen-bond acceptors (Lipinski definition) is 5. The van der Waals surface area contributed by atoms with Crippen molar-refractivity contribution in [2.75, 3.05) is 0 Å². The van der Waals surface area contributed by atoms with Gasteiger partial charge in [0.1, 0.15) is 23.2 Å². The van der Waals surface area contributed by atoms with Crippen LogP contribution in [0.2, 0.25) is 0 Å². The number of hydrogen-bond donors (Lipinski definition) is 0. The highest BCUT2D eigenvalue weighted by Crippen LogP contribution is 2.27. The van der Waals surface area contributed by atoms with Crippen molar-refractivity contribution < 1.29 is 14.1 Å². The third-order valence-electron chi connectivity index (χ3n) is 4.00. The van der Waals surface area contributed by atoms with Gasteiger partial charge in [-0.15, -0.1) is 0 Å². The minimum Gasteiger partial charge on any atom is -0.461 e. The molecule has 1 heterocycles. The lowest BCUT2D eigenvalue weighted by Gasteiger charge is -1.98. The van der Waals surface area contributed by atoms with Crippen LogP contribution in [0.15, 0.2) is 70.7 Å². The molecule has 0 saturated carbocycles. The number of Topliss-reactive ketones (excluding diaryl/α,β-unsaturated/α-hetero) is 1. The number of ketones is 1. The molecule has 3 rings (SSSR count). The summed E-state index contributed by atoms with van der Waals surface area (Å²) < 4.78 is 5.68. The Labute approximate surface area is 155 Å². The Kier molecular flexibility index (Phi) is 4.95. The zero-order chi connectivity index (χ0) is 19.4. The highest BCUT2D eigenvalue weighted by atomic mass is 16.6. The molecular formula is C21H14N2O4. The fraction of sp³-hybridized carbons (Fsp3) is 0.0476. The van der Waals surface area contributed by atoms with E-state index in [1.54, 1.807) is 13.0 Å². The Hall–Kier alpha value is -3.98. The normalized spacial score (nSPS) is 11.0. The number of rotatable bonds is 5. The first-order valence-corrected chi connectivity index (χ1v) is 8.06. The van der Waals surface area contributed by atoms with Crippen LogP contribution >= 0.6 is 0 Å². The van der Waals surface area contributed by atoms with Gasteiger partial charge in [-0.1, -0.05) is 30.3 Å². The first-order chi connectivity index (χ1) is 13.0. The molecule has 0 spiro atoms. The second kappa shape index (κ2) is 7.50. The third kappa shape index (κ3) is 3.83. The van der Waals surface area contributed by atoms with E-state index in [2.05, 4.69) is 0 Å². The molecule has 0 radical (unpaired) electrons. The predicted molar refractivity (Wildman–Crippen MR) is 99.9 cm³/mol. The van der Waals surface area contributed by atoms with Crippen molar-refractivity contribution in [2.45, 2.75) is 6.92 Å². The minimum absolute atomic E-state index is 0.0600. The summed E-state index contributed by atoms with van der Waals surface area (Å²) >= 11 is 0. The number of allylic oxidation sites excluding steroid dienone is 1. The van der Waals surface area contributed by atoms with Crippen LogP contribution in [-0.2, 0) is 0 Å². The van der Waals surface area contributed by atoms with E-state index in [1.165, 1.54) is 30.3 Å². The van der Waals surface area contributed by atoms with Crippen molar-refractivity contribution in [1.82, 2.24) is 0 Å². The number of nitrogens with zero attached hydrogens (tertiary/aromatic N) is 2. The minimum atomic E-state index is -0.510. The summed E-state index contributed by atoms with van der Waals surface area (Å²) in [5.74, 6) is 0.507. The van der Waals surface area contributed by atoms with Gasteiger partial charge in [0, 0.05) is 17.7 Å². The number of nitro groups is 1. The van der Waals surface area contributed by atoms with Crippen LogP contribution in [-0.4, -0.2) is 10.7 Å². The Morgan fingerprint density at radius 1 is 1.15 bits per heavy atom. The first kappa shape index (κ1) is 17.8. The van der Waals surface area contributed by atoms with Crippen molar-refractivity contribution >= 4 is 17.5 Å². The molecule has 0 aliphatic heterocycles. The van der Waals surface area contributed by atoms with Gasteiger partial charge in [0.05, 0.1) is 10.5 Å². The number of furan rings is 1. The van der Waals surface area contributed by atoms with Crippen LogP contribution in [0.4, 0.5) is 5.69 Å². The van der Waals surface area contributed by atoms with E-state index in [9.17, 15) is 20.2 Å². The van der Waals surface area contributed by atoms with E-state index in [0.717, 1.165) is 5.56 Å². The second-order valence-corrected chi connectivity index (χ2v) is 5.79. The van der Waals surface area contributed by atoms with E-state index in [0.29, 0.717) is 22.6 Å². The number of aryl methyl sites for hydroxylation is 1. The molecular weight excluding hydrogens is 344 g/mol. The molecule has 0 unspecified atom stereocenters. The zero-order valence-electron chi connectivity index (χ0n) is 14.4. The van der Waals surface area contributed by atoms with Gasteiger partial charge in [-0.2, -0.15) is 5.26 Å². The van der Waals surface area contributed by atoms with E-state index < -0.39 is 10.7 Å². The molecule has 0 bridgehead atoms. The van der Waals surface area contributed by atoms with Gasteiger partial charge in [-0.25, -0.2) is 0 Å². The van der Waals surface area contributed by atoms with Crippen LogP contribution in [0.1, 0.15) is 21.7 Å². The van der Waals surface area contributed by atoms with Crippen molar-refractivity contribution in [2.24, 2.45) is 0 Å². The summed E-state index contributed by atoms with van der Waals surface area (Å²) in [5.41, 5.74) is 1.53. The number of carbonyl (C=O) groups excluding carboxylic acids is 1. The van der Waals surface area contributed by atoms with Crippen molar-refractivity contribution in [1.29, 1.82) is 5.26 Å². The molecule has 27 heavy (non-hydrogen) atoms. The monoisotopic (exact) mass is 358 g/mol. The quantitative estimate of drug-likeness (QED) is 0.211. The fourth-order valence-corrected chi connectivity index (χ4v) is 2.60. The molecule has 6 nitrogen and oxygen atoms in total. The van der Waals surface area contributed by atoms with E-state index >= 15 is 0 Å². The van der Waals surface area contributed by atoms with E-state index in [4.69, 9.17) is 4.42 Å². The maximum Gasteiger partial charge on any atom is 0.269 e. The van der Waals surface area contributed by atoms with Crippen LogP contribution in [0.5, 0.6) is 0 Å². The third-order valence-corrected chi connectivity index (χ3v) is 4.00. The summed E-state index contributed by atoms with van der Waals surface area (Å²) in [7, 11) is 0. The number of nitriles is 1. The average molecular weight is 358 g/mol. The molecule has 0 fully saturated rings. The number of non-ortho nitro benzene ring substituents is 1. The van der Waals surface area contributed by atoms with Gasteiger partial charge >= 0.3 is 0 Å². The number of carbonyl (C=O) groups is 1. The zero-order valence-corrected chi connectivity index (χ0v) is 14.4. The maximum absolute atomic E-state index is 12.8. The van der Waals surface area contributed by atoms with E-state index in [-0.39, 0.29) is 11.3 Å². The number of nitro benzene ring substituents is 1. The molecule has 0 aliphatic rings. The van der Waals surface area contributed by atoms with Crippen LogP contribution in [0.25, 0.3) is 17.4 Å².